The van der Waals surface area contributed by atoms with Crippen LogP contribution in [-0.2, 0) is 9.63 Å². The van der Waals surface area contributed by atoms with Crippen molar-refractivity contribution < 1.29 is 9.63 Å². The van der Waals surface area contributed by atoms with E-state index < -0.39 is 8.07 Å². The topological polar surface area (TPSA) is 29.5 Å². The molecule has 2 atom stereocenters. The highest BCUT2D eigenvalue weighted by molar-refractivity contribution is 6.76. The monoisotopic (exact) mass is 405 g/mol. The summed E-state index contributed by atoms with van der Waals surface area (Å²) in [6.07, 6.45) is 3.23. The molecule has 2 aromatic carbocycles. The number of hydrogen-bond donors (Lipinski definition) is 0. The largest absolute Gasteiger partial charge is 0.270 e. The molecule has 0 bridgehead atoms. The molecule has 3 rings (SSSR count). The number of hydroxylamine groups is 2. The third-order valence-corrected chi connectivity index (χ3v) is 6.67. The number of amides is 1. The lowest BCUT2D eigenvalue weighted by atomic mass is 9.93. The van der Waals surface area contributed by atoms with Gasteiger partial charge in [0.1, 0.15) is 6.10 Å². The lowest BCUT2D eigenvalue weighted by molar-refractivity contribution is -0.212. The van der Waals surface area contributed by atoms with Crippen LogP contribution < -0.4 is 0 Å². The fourth-order valence-corrected chi connectivity index (χ4v) is 5.49. The van der Waals surface area contributed by atoms with Crippen molar-refractivity contribution in [3.63, 3.8) is 0 Å². The van der Waals surface area contributed by atoms with Crippen LogP contribution in [-0.4, -0.2) is 25.1 Å². The molecule has 0 spiro atoms. The van der Waals surface area contributed by atoms with Crippen molar-refractivity contribution in [1.29, 1.82) is 0 Å². The Hall–Kier alpha value is -2.43. The number of carbonyl (C=O) groups excluding carboxylic acids is 1. The maximum atomic E-state index is 13.1. The van der Waals surface area contributed by atoms with Crippen molar-refractivity contribution in [1.82, 2.24) is 5.06 Å². The molecule has 0 fully saturated rings. The summed E-state index contributed by atoms with van der Waals surface area (Å²) in [5, 5.41) is 1.57. The minimum Gasteiger partial charge on any atom is -0.267 e. The summed E-state index contributed by atoms with van der Waals surface area (Å²) in [6.45, 7) is 11.3. The second kappa shape index (κ2) is 8.93. The Morgan fingerprint density at radius 2 is 1.62 bits per heavy atom. The molecule has 29 heavy (non-hydrogen) atoms. The maximum Gasteiger partial charge on any atom is 0.270 e. The first-order valence-corrected chi connectivity index (χ1v) is 13.9. The van der Waals surface area contributed by atoms with E-state index in [0.29, 0.717) is 0 Å². The highest BCUT2D eigenvalue weighted by Crippen LogP contribution is 2.39. The lowest BCUT2D eigenvalue weighted by Crippen LogP contribution is -2.45. The van der Waals surface area contributed by atoms with E-state index in [-0.39, 0.29) is 18.1 Å². The zero-order chi connectivity index (χ0) is 21.0. The molecule has 0 aromatic heterocycles. The Morgan fingerprint density at radius 3 is 2.21 bits per heavy atom. The van der Waals surface area contributed by atoms with Crippen LogP contribution >= 0.6 is 0 Å². The van der Waals surface area contributed by atoms with Gasteiger partial charge in [0.25, 0.3) is 5.91 Å². The van der Waals surface area contributed by atoms with Crippen LogP contribution in [0, 0.1) is 0 Å². The fraction of sp³-hybridized carbons (Fsp3) is 0.320. The minimum atomic E-state index is -1.36. The summed E-state index contributed by atoms with van der Waals surface area (Å²) in [7, 11) is -1.36. The number of rotatable bonds is 5. The Kier molecular flexibility index (Phi) is 6.55. The molecule has 1 heterocycles. The molecule has 1 aliphatic rings. The van der Waals surface area contributed by atoms with Gasteiger partial charge in [-0.1, -0.05) is 80.3 Å². The van der Waals surface area contributed by atoms with Crippen LogP contribution in [0.1, 0.15) is 31.1 Å². The summed E-state index contributed by atoms with van der Waals surface area (Å²) in [4.78, 5) is 19.4. The second-order valence-electron chi connectivity index (χ2n) is 8.93. The van der Waals surface area contributed by atoms with Gasteiger partial charge >= 0.3 is 0 Å². The van der Waals surface area contributed by atoms with Gasteiger partial charge in [-0.3, -0.25) is 9.63 Å². The van der Waals surface area contributed by atoms with Crippen LogP contribution in [0.25, 0.3) is 6.08 Å². The average molecular weight is 406 g/mol. The molecule has 152 valence electrons. The molecule has 0 unspecified atom stereocenters. The van der Waals surface area contributed by atoms with E-state index >= 15 is 0 Å². The molecule has 0 radical (unpaired) electrons. The third-order valence-electron chi connectivity index (χ3n) is 5.23. The molecular weight excluding hydrogens is 374 g/mol. The standard InChI is InChI=1S/C25H31NO2Si/c1-19-23(18-29(3,4)5)20(2)26(28-25(19)22-14-10-7-11-15-22)24(27)17-16-21-12-8-6-9-13-21/h6-17,20,25H,18H2,1-5H3/b17-16+/t20-,25-/m1/s1. The number of carbonyl (C=O) groups is 1. The molecule has 0 saturated heterocycles. The highest BCUT2D eigenvalue weighted by atomic mass is 28.3. The Morgan fingerprint density at radius 1 is 1.03 bits per heavy atom. The van der Waals surface area contributed by atoms with E-state index in [1.165, 1.54) is 11.1 Å². The van der Waals surface area contributed by atoms with Gasteiger partial charge in [0.2, 0.25) is 0 Å². The third kappa shape index (κ3) is 5.34. The summed E-state index contributed by atoms with van der Waals surface area (Å²) in [5.74, 6) is -0.122. The maximum absolute atomic E-state index is 13.1. The van der Waals surface area contributed by atoms with Crippen molar-refractivity contribution in [2.45, 2.75) is 51.7 Å². The van der Waals surface area contributed by atoms with E-state index in [1.54, 1.807) is 11.1 Å². The van der Waals surface area contributed by atoms with Gasteiger partial charge in [-0.25, -0.2) is 5.06 Å². The first kappa shape index (κ1) is 21.3. The van der Waals surface area contributed by atoms with Crippen molar-refractivity contribution >= 4 is 20.1 Å². The zero-order valence-electron chi connectivity index (χ0n) is 18.1. The summed E-state index contributed by atoms with van der Waals surface area (Å²) in [5.41, 5.74) is 4.65. The van der Waals surface area contributed by atoms with Crippen molar-refractivity contribution in [2.24, 2.45) is 0 Å². The van der Waals surface area contributed by atoms with Gasteiger partial charge in [-0.05, 0) is 48.2 Å². The molecule has 2 aromatic rings. The van der Waals surface area contributed by atoms with E-state index in [4.69, 9.17) is 4.84 Å². The molecule has 1 amide bonds. The first-order valence-electron chi connectivity index (χ1n) is 10.2. The SMILES string of the molecule is CC1=C(C[Si](C)(C)C)[C@@H](C)N(C(=O)/C=C/c2ccccc2)O[C@H]1c1ccccc1. The van der Waals surface area contributed by atoms with E-state index in [9.17, 15) is 4.79 Å². The Balaban J connectivity index is 1.93. The van der Waals surface area contributed by atoms with Gasteiger partial charge < -0.3 is 0 Å². The number of hydrogen-bond acceptors (Lipinski definition) is 2. The number of nitrogens with zero attached hydrogens (tertiary/aromatic N) is 1. The van der Waals surface area contributed by atoms with Crippen LogP contribution in [0.3, 0.4) is 0 Å². The Labute approximate surface area is 175 Å². The lowest BCUT2D eigenvalue weighted by Gasteiger charge is -2.41. The smallest absolute Gasteiger partial charge is 0.267 e. The van der Waals surface area contributed by atoms with E-state index in [2.05, 4.69) is 45.6 Å². The van der Waals surface area contributed by atoms with Gasteiger partial charge in [-0.15, -0.1) is 0 Å². The summed E-state index contributed by atoms with van der Waals surface area (Å²) in [6, 6.07) is 21.0. The predicted molar refractivity (Wildman–Crippen MR) is 123 cm³/mol. The normalized spacial score (nSPS) is 20.4. The second-order valence-corrected chi connectivity index (χ2v) is 14.4. The summed E-state index contributed by atoms with van der Waals surface area (Å²) < 4.78 is 0. The van der Waals surface area contributed by atoms with Crippen LogP contribution in [0.5, 0.6) is 0 Å². The minimum absolute atomic E-state index is 0.0744. The molecule has 3 nitrogen and oxygen atoms in total. The highest BCUT2D eigenvalue weighted by Gasteiger charge is 2.36. The molecule has 4 heteroatoms. The Bertz CT molecular complexity index is 897. The van der Waals surface area contributed by atoms with E-state index in [1.807, 2.05) is 54.6 Å². The van der Waals surface area contributed by atoms with Gasteiger partial charge in [-0.2, -0.15) is 0 Å². The molecule has 0 N–H and O–H groups in total. The van der Waals surface area contributed by atoms with Crippen LogP contribution in [0.2, 0.25) is 25.7 Å². The summed E-state index contributed by atoms with van der Waals surface area (Å²) >= 11 is 0. The predicted octanol–water partition coefficient (Wildman–Crippen LogP) is 6.26. The molecule has 0 aliphatic carbocycles. The fourth-order valence-electron chi connectivity index (χ4n) is 3.77. The van der Waals surface area contributed by atoms with Gasteiger partial charge in [0, 0.05) is 14.1 Å². The van der Waals surface area contributed by atoms with Crippen LogP contribution in [0.15, 0.2) is 77.9 Å². The van der Waals surface area contributed by atoms with E-state index in [0.717, 1.165) is 17.2 Å². The number of benzene rings is 2. The quantitative estimate of drug-likeness (QED) is 0.334. The van der Waals surface area contributed by atoms with Crippen LogP contribution in [0.4, 0.5) is 0 Å². The van der Waals surface area contributed by atoms with Crippen molar-refractivity contribution in [2.75, 3.05) is 0 Å². The molecule has 1 aliphatic heterocycles. The first-order chi connectivity index (χ1) is 13.8. The molecular formula is C25H31NO2Si. The average Bonchev–Trinajstić information content (AvgIpc) is 2.70. The van der Waals surface area contributed by atoms with Crippen molar-refractivity contribution in [3.8, 4) is 0 Å². The van der Waals surface area contributed by atoms with Gasteiger partial charge in [0.15, 0.2) is 0 Å². The van der Waals surface area contributed by atoms with Crippen molar-refractivity contribution in [3.05, 3.63) is 89.0 Å². The molecule has 0 saturated carbocycles. The zero-order valence-corrected chi connectivity index (χ0v) is 19.1. The van der Waals surface area contributed by atoms with Gasteiger partial charge in [0.05, 0.1) is 6.04 Å².